The van der Waals surface area contributed by atoms with E-state index < -0.39 is 21.5 Å². The lowest BCUT2D eigenvalue weighted by Gasteiger charge is -2.24. The normalized spacial score (nSPS) is 18.9. The highest BCUT2D eigenvalue weighted by molar-refractivity contribution is 7.89. The first kappa shape index (κ1) is 13.1. The fourth-order valence-electron chi connectivity index (χ4n) is 2.29. The maximum atomic E-state index is 12.1. The Bertz CT molecular complexity index is 555. The standard InChI is InChI=1S/C11H16N2O4S/c1-13-7-4-9(8-13)18(16,17)12-11(10(14)15)5-2-3-6-11/h4,7-8,12H,2-3,5-6H2,1H3,(H,14,15). The third-order valence-electron chi connectivity index (χ3n) is 3.31. The molecule has 0 aliphatic heterocycles. The summed E-state index contributed by atoms with van der Waals surface area (Å²) in [5.41, 5.74) is -1.34. The topological polar surface area (TPSA) is 88.4 Å². The van der Waals surface area contributed by atoms with Crippen molar-refractivity contribution in [1.29, 1.82) is 0 Å². The van der Waals surface area contributed by atoms with Crippen LogP contribution in [0.2, 0.25) is 0 Å². The first-order chi connectivity index (χ1) is 8.36. The zero-order valence-corrected chi connectivity index (χ0v) is 10.9. The summed E-state index contributed by atoms with van der Waals surface area (Å²) in [6, 6.07) is 1.45. The number of aliphatic carboxylic acids is 1. The number of carboxylic acid groups (broad SMARTS) is 1. The van der Waals surface area contributed by atoms with Crippen LogP contribution in [-0.2, 0) is 21.9 Å². The van der Waals surface area contributed by atoms with Crippen LogP contribution in [0.4, 0.5) is 0 Å². The van der Waals surface area contributed by atoms with Gasteiger partial charge in [-0.05, 0) is 18.9 Å². The van der Waals surface area contributed by atoms with Gasteiger partial charge in [-0.2, -0.15) is 4.72 Å². The number of aryl methyl sites for hydroxylation is 1. The van der Waals surface area contributed by atoms with Gasteiger partial charge in [0.1, 0.15) is 5.54 Å². The molecule has 0 radical (unpaired) electrons. The van der Waals surface area contributed by atoms with Gasteiger partial charge in [-0.25, -0.2) is 8.42 Å². The molecule has 18 heavy (non-hydrogen) atoms. The van der Waals surface area contributed by atoms with E-state index in [-0.39, 0.29) is 4.90 Å². The van der Waals surface area contributed by atoms with Crippen molar-refractivity contribution >= 4 is 16.0 Å². The van der Waals surface area contributed by atoms with Gasteiger partial charge in [0.25, 0.3) is 0 Å². The first-order valence-corrected chi connectivity index (χ1v) is 7.23. The maximum Gasteiger partial charge on any atom is 0.324 e. The van der Waals surface area contributed by atoms with E-state index in [1.54, 1.807) is 17.8 Å². The van der Waals surface area contributed by atoms with Crippen LogP contribution < -0.4 is 4.72 Å². The van der Waals surface area contributed by atoms with E-state index in [1.807, 2.05) is 0 Å². The summed E-state index contributed by atoms with van der Waals surface area (Å²) in [5.74, 6) is -1.10. The fraction of sp³-hybridized carbons (Fsp3) is 0.545. The molecule has 1 aromatic heterocycles. The second kappa shape index (κ2) is 4.40. The molecule has 6 nitrogen and oxygen atoms in total. The van der Waals surface area contributed by atoms with Gasteiger partial charge in [-0.3, -0.25) is 4.79 Å². The second-order valence-corrected chi connectivity index (χ2v) is 6.39. The zero-order valence-electron chi connectivity index (χ0n) is 10.1. The summed E-state index contributed by atoms with van der Waals surface area (Å²) >= 11 is 0. The van der Waals surface area contributed by atoms with Gasteiger partial charge in [0.05, 0.1) is 4.90 Å². The highest BCUT2D eigenvalue weighted by Gasteiger charge is 2.44. The van der Waals surface area contributed by atoms with Crippen LogP contribution in [0.15, 0.2) is 23.4 Å². The third-order valence-corrected chi connectivity index (χ3v) is 4.83. The van der Waals surface area contributed by atoms with Gasteiger partial charge in [0.15, 0.2) is 0 Å². The minimum atomic E-state index is -3.78. The lowest BCUT2D eigenvalue weighted by Crippen LogP contribution is -2.52. The summed E-state index contributed by atoms with van der Waals surface area (Å²) in [7, 11) is -2.07. The molecule has 1 heterocycles. The quantitative estimate of drug-likeness (QED) is 0.844. The van der Waals surface area contributed by atoms with Crippen LogP contribution in [0.1, 0.15) is 25.7 Å². The Morgan fingerprint density at radius 2 is 2.06 bits per heavy atom. The number of sulfonamides is 1. The van der Waals surface area contributed by atoms with E-state index in [1.165, 1.54) is 12.3 Å². The van der Waals surface area contributed by atoms with Gasteiger partial charge < -0.3 is 9.67 Å². The molecule has 0 saturated heterocycles. The summed E-state index contributed by atoms with van der Waals surface area (Å²) in [5, 5.41) is 9.25. The number of carbonyl (C=O) groups is 1. The van der Waals surface area contributed by atoms with E-state index in [2.05, 4.69) is 4.72 Å². The molecule has 0 amide bonds. The van der Waals surface area contributed by atoms with Crippen LogP contribution in [-0.4, -0.2) is 29.6 Å². The Kier molecular flexibility index (Phi) is 3.20. The predicted octanol–water partition coefficient (Wildman–Crippen LogP) is 0.701. The van der Waals surface area contributed by atoms with E-state index in [0.717, 1.165) is 12.8 Å². The lowest BCUT2D eigenvalue weighted by molar-refractivity contribution is -0.143. The number of hydrogen-bond donors (Lipinski definition) is 2. The smallest absolute Gasteiger partial charge is 0.324 e. The average molecular weight is 272 g/mol. The number of aromatic nitrogens is 1. The van der Waals surface area contributed by atoms with Crippen molar-refractivity contribution in [2.75, 3.05) is 0 Å². The van der Waals surface area contributed by atoms with Gasteiger partial charge in [0, 0.05) is 19.4 Å². The Morgan fingerprint density at radius 1 is 1.44 bits per heavy atom. The van der Waals surface area contributed by atoms with Crippen molar-refractivity contribution in [3.05, 3.63) is 18.5 Å². The Balaban J connectivity index is 2.29. The Hall–Kier alpha value is -1.34. The molecular formula is C11H16N2O4S. The molecule has 1 fully saturated rings. The van der Waals surface area contributed by atoms with E-state index in [4.69, 9.17) is 0 Å². The third kappa shape index (κ3) is 2.28. The van der Waals surface area contributed by atoms with Crippen molar-refractivity contribution in [2.24, 2.45) is 7.05 Å². The monoisotopic (exact) mass is 272 g/mol. The highest BCUT2D eigenvalue weighted by atomic mass is 32.2. The van der Waals surface area contributed by atoms with Crippen LogP contribution in [0.25, 0.3) is 0 Å². The average Bonchev–Trinajstić information content (AvgIpc) is 2.87. The molecular weight excluding hydrogens is 256 g/mol. The minimum Gasteiger partial charge on any atom is -0.480 e. The van der Waals surface area contributed by atoms with E-state index in [0.29, 0.717) is 12.8 Å². The predicted molar refractivity (Wildman–Crippen MR) is 64.6 cm³/mol. The van der Waals surface area contributed by atoms with Crippen molar-refractivity contribution in [3.8, 4) is 0 Å². The minimum absolute atomic E-state index is 0.0949. The number of rotatable bonds is 4. The number of nitrogens with zero attached hydrogens (tertiary/aromatic N) is 1. The molecule has 1 aliphatic carbocycles. The fourth-order valence-corrected chi connectivity index (χ4v) is 3.76. The molecule has 0 aromatic carbocycles. The van der Waals surface area contributed by atoms with Crippen LogP contribution in [0.5, 0.6) is 0 Å². The highest BCUT2D eigenvalue weighted by Crippen LogP contribution is 2.31. The summed E-state index contributed by atoms with van der Waals surface area (Å²) in [4.78, 5) is 11.4. The van der Waals surface area contributed by atoms with Crippen LogP contribution in [0, 0.1) is 0 Å². The Morgan fingerprint density at radius 3 is 2.50 bits per heavy atom. The number of hydrogen-bond acceptors (Lipinski definition) is 3. The summed E-state index contributed by atoms with van der Waals surface area (Å²) < 4.78 is 28.2. The first-order valence-electron chi connectivity index (χ1n) is 5.75. The van der Waals surface area contributed by atoms with Crippen LogP contribution in [0.3, 0.4) is 0 Å². The molecule has 2 rings (SSSR count). The second-order valence-electron chi connectivity index (χ2n) is 4.71. The molecule has 1 aromatic rings. The molecule has 2 N–H and O–H groups in total. The summed E-state index contributed by atoms with van der Waals surface area (Å²) in [6.07, 6.45) is 5.19. The van der Waals surface area contributed by atoms with E-state index >= 15 is 0 Å². The zero-order chi connectivity index (χ0) is 13.4. The van der Waals surface area contributed by atoms with Gasteiger partial charge >= 0.3 is 5.97 Å². The van der Waals surface area contributed by atoms with Crippen molar-refractivity contribution in [1.82, 2.24) is 9.29 Å². The van der Waals surface area contributed by atoms with Crippen molar-refractivity contribution in [3.63, 3.8) is 0 Å². The molecule has 0 atom stereocenters. The maximum absolute atomic E-state index is 12.1. The molecule has 0 spiro atoms. The Labute approximate surface area is 106 Å². The van der Waals surface area contributed by atoms with E-state index in [9.17, 15) is 18.3 Å². The van der Waals surface area contributed by atoms with Gasteiger partial charge in [-0.1, -0.05) is 12.8 Å². The SMILES string of the molecule is Cn1ccc(S(=O)(=O)NC2(C(=O)O)CCCC2)c1. The lowest BCUT2D eigenvalue weighted by atomic mass is 10.0. The number of carboxylic acids is 1. The molecule has 0 unspecified atom stereocenters. The van der Waals surface area contributed by atoms with Crippen molar-refractivity contribution in [2.45, 2.75) is 36.1 Å². The molecule has 1 aliphatic rings. The van der Waals surface area contributed by atoms with Gasteiger partial charge in [-0.15, -0.1) is 0 Å². The molecule has 100 valence electrons. The van der Waals surface area contributed by atoms with Crippen LogP contribution >= 0.6 is 0 Å². The number of nitrogens with one attached hydrogen (secondary N) is 1. The molecule has 7 heteroatoms. The van der Waals surface area contributed by atoms with Gasteiger partial charge in [0.2, 0.25) is 10.0 Å². The van der Waals surface area contributed by atoms with Crippen molar-refractivity contribution < 1.29 is 18.3 Å². The molecule has 1 saturated carbocycles. The summed E-state index contributed by atoms with van der Waals surface area (Å²) in [6.45, 7) is 0. The largest absolute Gasteiger partial charge is 0.480 e. The molecule has 0 bridgehead atoms.